The maximum Gasteiger partial charge on any atom is 0.407 e. The van der Waals surface area contributed by atoms with Gasteiger partial charge in [-0.3, -0.25) is 14.4 Å². The average Bonchev–Trinajstić information content (AvgIpc) is 3.24. The number of alkyl carbamates (subject to hydrolysis) is 1. The number of rotatable bonds is 12. The molecule has 1 aliphatic rings. The number of ketones is 1. The number of esters is 2. The van der Waals surface area contributed by atoms with E-state index >= 15 is 0 Å². The smallest absolute Gasteiger partial charge is 0.407 e. The Hall–Kier alpha value is -3.68. The minimum Gasteiger partial charge on any atom is -0.462 e. The average molecular weight is 468 g/mol. The fourth-order valence-corrected chi connectivity index (χ4v) is 3.68. The number of hydrogen-bond donors (Lipinski definition) is 1. The van der Waals surface area contributed by atoms with Gasteiger partial charge in [0.2, 0.25) is 0 Å². The molecule has 180 valence electrons. The minimum atomic E-state index is -0.584. The molecule has 1 fully saturated rings. The van der Waals surface area contributed by atoms with Crippen molar-refractivity contribution in [3.8, 4) is 0 Å². The standard InChI is InChI=1S/C26H29NO7/c28-22(13-14-24(29)32-17-19-8-3-1-4-9-19)21-16-25(30)34-23(21)12-7-15-27-26(31)33-18-20-10-5-2-6-11-20/h1-6,8-11,21,23H,7,12-18H2,(H,27,31)/t21-,23-/m1/s1. The van der Waals surface area contributed by atoms with Crippen LogP contribution in [0.25, 0.3) is 0 Å². The topological polar surface area (TPSA) is 108 Å². The van der Waals surface area contributed by atoms with E-state index in [0.717, 1.165) is 11.1 Å². The third kappa shape index (κ3) is 8.35. The Balaban J connectivity index is 1.33. The Labute approximate surface area is 198 Å². The molecule has 2 aromatic carbocycles. The van der Waals surface area contributed by atoms with Crippen LogP contribution in [0.3, 0.4) is 0 Å². The number of benzene rings is 2. The summed E-state index contributed by atoms with van der Waals surface area (Å²) >= 11 is 0. The third-order valence-corrected chi connectivity index (χ3v) is 5.50. The van der Waals surface area contributed by atoms with Crippen LogP contribution in [0.2, 0.25) is 0 Å². The van der Waals surface area contributed by atoms with Crippen molar-refractivity contribution >= 4 is 23.8 Å². The summed E-state index contributed by atoms with van der Waals surface area (Å²) in [4.78, 5) is 48.2. The van der Waals surface area contributed by atoms with E-state index in [1.165, 1.54) is 0 Å². The second-order valence-corrected chi connectivity index (χ2v) is 8.08. The summed E-state index contributed by atoms with van der Waals surface area (Å²) in [6.45, 7) is 0.661. The van der Waals surface area contributed by atoms with Gasteiger partial charge in [-0.25, -0.2) is 4.79 Å². The van der Waals surface area contributed by atoms with E-state index < -0.39 is 30.1 Å². The summed E-state index contributed by atoms with van der Waals surface area (Å²) in [5.41, 5.74) is 1.76. The number of ether oxygens (including phenoxy) is 3. The molecule has 0 aromatic heterocycles. The van der Waals surface area contributed by atoms with Gasteiger partial charge in [0.15, 0.2) is 0 Å². The van der Waals surface area contributed by atoms with Crippen LogP contribution in [0.5, 0.6) is 0 Å². The summed E-state index contributed by atoms with van der Waals surface area (Å²) in [6.07, 6.45) is -0.181. The first-order chi connectivity index (χ1) is 16.5. The number of cyclic esters (lactones) is 1. The zero-order valence-electron chi connectivity index (χ0n) is 18.9. The monoisotopic (exact) mass is 467 g/mol. The van der Waals surface area contributed by atoms with Crippen LogP contribution in [0.4, 0.5) is 4.79 Å². The summed E-state index contributed by atoms with van der Waals surface area (Å²) in [5, 5.41) is 2.65. The van der Waals surface area contributed by atoms with E-state index in [1.54, 1.807) is 0 Å². The van der Waals surface area contributed by atoms with Gasteiger partial charge in [-0.05, 0) is 24.0 Å². The third-order valence-electron chi connectivity index (χ3n) is 5.50. The maximum atomic E-state index is 12.6. The van der Waals surface area contributed by atoms with Gasteiger partial charge in [-0.15, -0.1) is 0 Å². The molecular weight excluding hydrogens is 438 g/mol. The predicted octanol–water partition coefficient (Wildman–Crippen LogP) is 3.72. The van der Waals surface area contributed by atoms with Crippen molar-refractivity contribution in [1.82, 2.24) is 5.32 Å². The molecule has 34 heavy (non-hydrogen) atoms. The van der Waals surface area contributed by atoms with Gasteiger partial charge in [-0.1, -0.05) is 60.7 Å². The molecular formula is C26H29NO7. The zero-order valence-corrected chi connectivity index (χ0v) is 18.9. The first-order valence-corrected chi connectivity index (χ1v) is 11.4. The highest BCUT2D eigenvalue weighted by Gasteiger charge is 2.38. The number of carbonyl (C=O) groups excluding carboxylic acids is 4. The SMILES string of the molecule is O=C(CCC(=O)[C@H]1CC(=O)O[C@@H]1CCCNC(=O)OCc1ccccc1)OCc1ccccc1. The fraction of sp³-hybridized carbons (Fsp3) is 0.385. The molecule has 1 N–H and O–H groups in total. The highest BCUT2D eigenvalue weighted by atomic mass is 16.6. The van der Waals surface area contributed by atoms with Crippen LogP contribution >= 0.6 is 0 Å². The Morgan fingerprint density at radius 3 is 2.15 bits per heavy atom. The van der Waals surface area contributed by atoms with E-state index in [2.05, 4.69) is 5.32 Å². The molecule has 1 amide bonds. The molecule has 8 nitrogen and oxygen atoms in total. The molecule has 0 unspecified atom stereocenters. The molecule has 0 radical (unpaired) electrons. The number of carbonyl (C=O) groups is 4. The van der Waals surface area contributed by atoms with Crippen LogP contribution in [-0.2, 0) is 41.8 Å². The van der Waals surface area contributed by atoms with E-state index in [-0.39, 0.29) is 38.3 Å². The zero-order chi connectivity index (χ0) is 24.2. The van der Waals surface area contributed by atoms with Crippen LogP contribution < -0.4 is 5.32 Å². The molecule has 2 atom stereocenters. The number of hydrogen-bond acceptors (Lipinski definition) is 7. The minimum absolute atomic E-state index is 0.00447. The molecule has 0 bridgehead atoms. The highest BCUT2D eigenvalue weighted by molar-refractivity contribution is 5.90. The van der Waals surface area contributed by atoms with E-state index in [0.29, 0.717) is 19.4 Å². The van der Waals surface area contributed by atoms with Gasteiger partial charge in [0, 0.05) is 13.0 Å². The lowest BCUT2D eigenvalue weighted by molar-refractivity contribution is -0.146. The lowest BCUT2D eigenvalue weighted by atomic mass is 9.91. The van der Waals surface area contributed by atoms with Gasteiger partial charge < -0.3 is 19.5 Å². The molecule has 8 heteroatoms. The lowest BCUT2D eigenvalue weighted by Crippen LogP contribution is -2.28. The number of amides is 1. The predicted molar refractivity (Wildman–Crippen MR) is 122 cm³/mol. The summed E-state index contributed by atoms with van der Waals surface area (Å²) in [5.74, 6) is -1.66. The molecule has 1 aliphatic heterocycles. The molecule has 0 saturated carbocycles. The van der Waals surface area contributed by atoms with Gasteiger partial charge in [0.05, 0.1) is 18.8 Å². The molecule has 3 rings (SSSR count). The lowest BCUT2D eigenvalue weighted by Gasteiger charge is -2.16. The molecule has 1 saturated heterocycles. The first-order valence-electron chi connectivity index (χ1n) is 11.4. The van der Waals surface area contributed by atoms with Crippen LogP contribution in [0.15, 0.2) is 60.7 Å². The van der Waals surface area contributed by atoms with Gasteiger partial charge in [0.1, 0.15) is 25.1 Å². The Kier molecular flexibility index (Phi) is 9.64. The molecule has 0 spiro atoms. The number of Topliss-reactive ketones (excluding diaryl/α,β-unsaturated/α-hetero) is 1. The van der Waals surface area contributed by atoms with Crippen molar-refractivity contribution in [2.75, 3.05) is 6.54 Å². The van der Waals surface area contributed by atoms with E-state index in [1.807, 2.05) is 60.7 Å². The second-order valence-electron chi connectivity index (χ2n) is 8.08. The summed E-state index contributed by atoms with van der Waals surface area (Å²) < 4.78 is 15.6. The van der Waals surface area contributed by atoms with Gasteiger partial charge in [-0.2, -0.15) is 0 Å². The molecule has 2 aromatic rings. The Morgan fingerprint density at radius 2 is 1.50 bits per heavy atom. The Morgan fingerprint density at radius 1 is 0.882 bits per heavy atom. The highest BCUT2D eigenvalue weighted by Crippen LogP contribution is 2.28. The van der Waals surface area contributed by atoms with Crippen LogP contribution in [0.1, 0.15) is 43.2 Å². The van der Waals surface area contributed by atoms with Crippen molar-refractivity contribution in [2.24, 2.45) is 5.92 Å². The van der Waals surface area contributed by atoms with Crippen molar-refractivity contribution in [2.45, 2.75) is 51.4 Å². The number of nitrogens with one attached hydrogen (secondary N) is 1. The van der Waals surface area contributed by atoms with E-state index in [9.17, 15) is 19.2 Å². The van der Waals surface area contributed by atoms with Crippen molar-refractivity contribution in [1.29, 1.82) is 0 Å². The quantitative estimate of drug-likeness (QED) is 0.288. The summed E-state index contributed by atoms with van der Waals surface area (Å²) in [7, 11) is 0. The normalized spacial score (nSPS) is 17.0. The first kappa shape index (κ1) is 25.0. The second kappa shape index (κ2) is 13.1. The molecule has 0 aliphatic carbocycles. The molecule has 1 heterocycles. The summed E-state index contributed by atoms with van der Waals surface area (Å²) in [6, 6.07) is 18.6. The van der Waals surface area contributed by atoms with Crippen LogP contribution in [0, 0.1) is 5.92 Å². The van der Waals surface area contributed by atoms with Crippen molar-refractivity contribution < 1.29 is 33.4 Å². The fourth-order valence-electron chi connectivity index (χ4n) is 3.68. The van der Waals surface area contributed by atoms with Crippen LogP contribution in [-0.4, -0.2) is 36.5 Å². The largest absolute Gasteiger partial charge is 0.462 e. The van der Waals surface area contributed by atoms with Crippen molar-refractivity contribution in [3.05, 3.63) is 71.8 Å². The van der Waals surface area contributed by atoms with Crippen molar-refractivity contribution in [3.63, 3.8) is 0 Å². The van der Waals surface area contributed by atoms with E-state index in [4.69, 9.17) is 14.2 Å². The van der Waals surface area contributed by atoms with Gasteiger partial charge in [0.25, 0.3) is 0 Å². The maximum absolute atomic E-state index is 12.6. The Bertz CT molecular complexity index is 962. The van der Waals surface area contributed by atoms with Gasteiger partial charge >= 0.3 is 18.0 Å².